The number of aliphatic hydroxyl groups is 1. The number of unbranched alkanes of at least 4 members (excludes halogenated alkanes) is 35. The van der Waals surface area contributed by atoms with E-state index in [4.69, 9.17) is 9.05 Å². The van der Waals surface area contributed by atoms with E-state index in [1.807, 2.05) is 27.2 Å². The van der Waals surface area contributed by atoms with Crippen LogP contribution in [0.4, 0.5) is 0 Å². The van der Waals surface area contributed by atoms with E-state index in [0.29, 0.717) is 17.4 Å². The molecule has 0 radical (unpaired) electrons. The molecule has 2 N–H and O–H groups in total. The van der Waals surface area contributed by atoms with Gasteiger partial charge in [-0.05, 0) is 83.5 Å². The second kappa shape index (κ2) is 59.3. The van der Waals surface area contributed by atoms with E-state index in [9.17, 15) is 19.4 Å². The SMILES string of the molecule is CC/C=C\C/C=C\C/C=C\C/C=C\CCCCCCCCCCCCCCCCCCCCCCCCCCCCCCC(=O)NC(COP(=O)([O-])OCC[N+](C)(C)C)C(O)/C=C/CC/C=C/CC/C=C/CCCCCCC. The summed E-state index contributed by atoms with van der Waals surface area (Å²) in [4.78, 5) is 25.5. The fourth-order valence-electron chi connectivity index (χ4n) is 9.47. The monoisotopic (exact) mass is 1110 g/mol. The number of hydrogen-bond acceptors (Lipinski definition) is 6. The summed E-state index contributed by atoms with van der Waals surface area (Å²) in [5.41, 5.74) is 0. The second-order valence-corrected chi connectivity index (χ2v) is 24.8. The molecule has 0 bridgehead atoms. The van der Waals surface area contributed by atoms with E-state index in [1.54, 1.807) is 6.08 Å². The van der Waals surface area contributed by atoms with Crippen LogP contribution in [0.1, 0.15) is 296 Å². The molecule has 0 heterocycles. The largest absolute Gasteiger partial charge is 0.756 e. The van der Waals surface area contributed by atoms with E-state index >= 15 is 0 Å². The Balaban J connectivity index is 3.90. The number of quaternary nitrogens is 1. The van der Waals surface area contributed by atoms with Gasteiger partial charge in [-0.2, -0.15) is 0 Å². The lowest BCUT2D eigenvalue weighted by atomic mass is 10.0. The van der Waals surface area contributed by atoms with Crippen molar-refractivity contribution < 1.29 is 32.9 Å². The number of rotatable bonds is 60. The molecule has 8 nitrogen and oxygen atoms in total. The summed E-state index contributed by atoms with van der Waals surface area (Å²) in [6, 6.07) is -0.911. The minimum absolute atomic E-state index is 0.00955. The predicted molar refractivity (Wildman–Crippen MR) is 339 cm³/mol. The maximum Gasteiger partial charge on any atom is 0.268 e. The number of allylic oxidation sites excluding steroid dienone is 13. The highest BCUT2D eigenvalue weighted by atomic mass is 31.2. The summed E-state index contributed by atoms with van der Waals surface area (Å²) in [5, 5.41) is 13.9. The van der Waals surface area contributed by atoms with Crippen LogP contribution in [0.5, 0.6) is 0 Å². The van der Waals surface area contributed by atoms with Gasteiger partial charge in [0.25, 0.3) is 7.82 Å². The molecule has 0 fully saturated rings. The molecule has 0 aliphatic heterocycles. The standard InChI is InChI=1S/C69H127N2O6P/c1-6-8-10-12-14-16-18-20-22-23-24-25-26-27-28-29-30-31-32-33-34-35-36-37-38-39-40-41-42-43-44-45-46-47-49-51-53-55-57-59-61-63-69(73)70-67(66-77-78(74,75)76-65-64-71(3,4)5)68(72)62-60-58-56-54-52-50-48-21-19-17-15-13-11-9-7-2/h8,10,14,16,19-22,24-25,52,54,60,62,67-68,72H,6-7,9,11-13,15,17-18,23,26-51,53,55-59,61,63-66H2,1-5H3,(H-,70,73,74,75)/b10-8-,16-14-,21-19+,22-20-,25-24-,54-52+,62-60+. The number of likely N-dealkylation sites (N-methyl/N-ethyl adjacent to an activating group) is 1. The minimum atomic E-state index is -4.61. The van der Waals surface area contributed by atoms with Gasteiger partial charge in [0, 0.05) is 6.42 Å². The fourth-order valence-corrected chi connectivity index (χ4v) is 10.2. The van der Waals surface area contributed by atoms with Crippen molar-refractivity contribution in [2.45, 2.75) is 309 Å². The topological polar surface area (TPSA) is 108 Å². The Hall–Kier alpha value is -2.32. The molecule has 3 atom stereocenters. The van der Waals surface area contributed by atoms with E-state index in [-0.39, 0.29) is 12.5 Å². The van der Waals surface area contributed by atoms with Crippen molar-refractivity contribution >= 4 is 13.7 Å². The lowest BCUT2D eigenvalue weighted by Gasteiger charge is -2.29. The molecule has 0 saturated carbocycles. The van der Waals surface area contributed by atoms with Crippen LogP contribution < -0.4 is 10.2 Å². The number of amides is 1. The van der Waals surface area contributed by atoms with E-state index in [1.165, 1.54) is 205 Å². The molecule has 0 aliphatic carbocycles. The highest BCUT2D eigenvalue weighted by Crippen LogP contribution is 2.38. The quantitative estimate of drug-likeness (QED) is 0.0272. The van der Waals surface area contributed by atoms with Crippen molar-refractivity contribution in [2.24, 2.45) is 0 Å². The Morgan fingerprint density at radius 2 is 0.795 bits per heavy atom. The van der Waals surface area contributed by atoms with Gasteiger partial charge in [-0.15, -0.1) is 0 Å². The van der Waals surface area contributed by atoms with Gasteiger partial charge < -0.3 is 28.8 Å². The highest BCUT2D eigenvalue weighted by Gasteiger charge is 2.23. The van der Waals surface area contributed by atoms with Crippen LogP contribution in [-0.2, 0) is 18.4 Å². The van der Waals surface area contributed by atoms with E-state index in [0.717, 1.165) is 70.6 Å². The molecule has 454 valence electrons. The number of nitrogens with zero attached hydrogens (tertiary/aromatic N) is 1. The first-order valence-corrected chi connectivity index (χ1v) is 34.4. The summed E-state index contributed by atoms with van der Waals surface area (Å²) < 4.78 is 23.3. The van der Waals surface area contributed by atoms with Gasteiger partial charge in [-0.1, -0.05) is 292 Å². The van der Waals surface area contributed by atoms with Gasteiger partial charge in [0.15, 0.2) is 0 Å². The van der Waals surface area contributed by atoms with Crippen molar-refractivity contribution in [3.05, 3.63) is 85.1 Å². The molecule has 0 aromatic rings. The normalized spacial score (nSPS) is 14.3. The summed E-state index contributed by atoms with van der Waals surface area (Å²) in [7, 11) is 1.24. The first-order valence-electron chi connectivity index (χ1n) is 32.9. The zero-order chi connectivity index (χ0) is 57.0. The maximum absolute atomic E-state index is 13.0. The van der Waals surface area contributed by atoms with Gasteiger partial charge in [-0.3, -0.25) is 9.36 Å². The van der Waals surface area contributed by atoms with Crippen LogP contribution in [-0.4, -0.2) is 68.5 Å². The molecule has 0 aromatic heterocycles. The first kappa shape index (κ1) is 75.7. The van der Waals surface area contributed by atoms with Gasteiger partial charge in [-0.25, -0.2) is 0 Å². The number of phosphoric acid groups is 1. The number of nitrogens with one attached hydrogen (secondary N) is 1. The smallest absolute Gasteiger partial charge is 0.268 e. The number of phosphoric ester groups is 1. The lowest BCUT2D eigenvalue weighted by Crippen LogP contribution is -2.45. The van der Waals surface area contributed by atoms with Crippen LogP contribution in [0, 0.1) is 0 Å². The van der Waals surface area contributed by atoms with Crippen LogP contribution >= 0.6 is 7.82 Å². The number of carbonyl (C=O) groups excluding carboxylic acids is 1. The van der Waals surface area contributed by atoms with Crippen molar-refractivity contribution in [1.82, 2.24) is 5.32 Å². The van der Waals surface area contributed by atoms with Gasteiger partial charge >= 0.3 is 0 Å². The summed E-state index contributed by atoms with van der Waals surface area (Å²) >= 11 is 0. The molecule has 9 heteroatoms. The third-order valence-corrected chi connectivity index (χ3v) is 15.5. The highest BCUT2D eigenvalue weighted by molar-refractivity contribution is 7.45. The summed E-state index contributed by atoms with van der Waals surface area (Å²) in [6.07, 6.45) is 84.3. The van der Waals surface area contributed by atoms with Gasteiger partial charge in [0.05, 0.1) is 39.9 Å². The minimum Gasteiger partial charge on any atom is -0.756 e. The Morgan fingerprint density at radius 1 is 0.462 bits per heavy atom. The van der Waals surface area contributed by atoms with Crippen molar-refractivity contribution in [2.75, 3.05) is 40.9 Å². The molecule has 0 aromatic carbocycles. The van der Waals surface area contributed by atoms with Crippen LogP contribution in [0.15, 0.2) is 85.1 Å². The van der Waals surface area contributed by atoms with Crippen LogP contribution in [0.25, 0.3) is 0 Å². The number of aliphatic hydroxyl groups excluding tert-OH is 1. The Morgan fingerprint density at radius 3 is 1.19 bits per heavy atom. The molecule has 0 spiro atoms. The fraction of sp³-hybridized carbons (Fsp3) is 0.783. The zero-order valence-corrected chi connectivity index (χ0v) is 52.7. The average molecular weight is 1110 g/mol. The molecule has 0 rings (SSSR count). The molecule has 0 saturated heterocycles. The molecular weight excluding hydrogens is 984 g/mol. The molecular formula is C69H127N2O6P. The molecule has 3 unspecified atom stereocenters. The molecule has 0 aliphatic rings. The third kappa shape index (κ3) is 61.3. The van der Waals surface area contributed by atoms with E-state index in [2.05, 4.69) is 92.1 Å². The van der Waals surface area contributed by atoms with Crippen LogP contribution in [0.3, 0.4) is 0 Å². The second-order valence-electron chi connectivity index (χ2n) is 23.4. The van der Waals surface area contributed by atoms with E-state index < -0.39 is 26.6 Å². The first-order chi connectivity index (χ1) is 38.0. The lowest BCUT2D eigenvalue weighted by molar-refractivity contribution is -0.870. The zero-order valence-electron chi connectivity index (χ0n) is 51.9. The molecule has 1 amide bonds. The predicted octanol–water partition coefficient (Wildman–Crippen LogP) is 20.1. The van der Waals surface area contributed by atoms with Crippen molar-refractivity contribution in [1.29, 1.82) is 0 Å². The number of carbonyl (C=O) groups is 1. The summed E-state index contributed by atoms with van der Waals surface area (Å²) in [5.74, 6) is -0.209. The summed E-state index contributed by atoms with van der Waals surface area (Å²) in [6.45, 7) is 4.51. The number of hydrogen-bond donors (Lipinski definition) is 2. The average Bonchev–Trinajstić information content (AvgIpc) is 3.41. The Labute approximate surface area is 484 Å². The third-order valence-electron chi connectivity index (χ3n) is 14.6. The van der Waals surface area contributed by atoms with Crippen molar-refractivity contribution in [3.63, 3.8) is 0 Å². The Kier molecular flexibility index (Phi) is 57.5. The Bertz CT molecular complexity index is 1550. The molecule has 78 heavy (non-hydrogen) atoms. The van der Waals surface area contributed by atoms with Gasteiger partial charge in [0.1, 0.15) is 13.2 Å². The van der Waals surface area contributed by atoms with Gasteiger partial charge in [0.2, 0.25) is 5.91 Å². The van der Waals surface area contributed by atoms with Crippen molar-refractivity contribution in [3.8, 4) is 0 Å². The van der Waals surface area contributed by atoms with Crippen LogP contribution in [0.2, 0.25) is 0 Å². The maximum atomic E-state index is 13.0.